The highest BCUT2D eigenvalue weighted by Crippen LogP contribution is 2.21. The number of aromatic amines is 1. The second kappa shape index (κ2) is 7.42. The second-order valence-electron chi connectivity index (χ2n) is 6.22. The normalized spacial score (nSPS) is 15.4. The molecular weight excluding hydrogens is 356 g/mol. The van der Waals surface area contributed by atoms with Crippen LogP contribution in [-0.2, 0) is 6.54 Å². The van der Waals surface area contributed by atoms with Crippen molar-refractivity contribution in [3.8, 4) is 0 Å². The highest BCUT2D eigenvalue weighted by molar-refractivity contribution is 7.13. The van der Waals surface area contributed by atoms with E-state index >= 15 is 0 Å². The fraction of sp³-hybridized carbons (Fsp3) is 0.500. The number of nitrogens with two attached hydrogens (primary N) is 1. The summed E-state index contributed by atoms with van der Waals surface area (Å²) < 4.78 is 1.19. The molecule has 0 bridgehead atoms. The van der Waals surface area contributed by atoms with Gasteiger partial charge in [-0.1, -0.05) is 0 Å². The van der Waals surface area contributed by atoms with Crippen molar-refractivity contribution in [1.82, 2.24) is 19.4 Å². The number of hydrogen-bond acceptors (Lipinski definition) is 8. The minimum atomic E-state index is -0.723. The third-order valence-corrected chi connectivity index (χ3v) is 5.47. The van der Waals surface area contributed by atoms with Crippen LogP contribution in [0.1, 0.15) is 23.0 Å². The first kappa shape index (κ1) is 18.3. The molecule has 0 spiro atoms. The Morgan fingerprint density at radius 2 is 2.00 bits per heavy atom. The molecule has 3 N–H and O–H groups in total. The van der Waals surface area contributed by atoms with Crippen LogP contribution in [0.5, 0.6) is 0 Å². The predicted molar refractivity (Wildman–Crippen MR) is 101 cm³/mol. The van der Waals surface area contributed by atoms with Gasteiger partial charge in [-0.25, -0.2) is 9.78 Å². The number of piperazine rings is 1. The summed E-state index contributed by atoms with van der Waals surface area (Å²) in [7, 11) is 0. The Morgan fingerprint density at radius 3 is 2.58 bits per heavy atom. The fourth-order valence-corrected chi connectivity index (χ4v) is 3.89. The van der Waals surface area contributed by atoms with E-state index in [4.69, 9.17) is 5.73 Å². The molecule has 2 aromatic heterocycles. The quantitative estimate of drug-likeness (QED) is 0.698. The summed E-state index contributed by atoms with van der Waals surface area (Å²) in [5.74, 6) is -0.437. The number of ketones is 1. The average molecular weight is 378 g/mol. The molecule has 140 valence electrons. The maximum atomic E-state index is 12.6. The van der Waals surface area contributed by atoms with E-state index in [-0.39, 0.29) is 30.3 Å². The van der Waals surface area contributed by atoms with Gasteiger partial charge in [-0.05, 0) is 13.8 Å². The largest absolute Gasteiger partial charge is 0.384 e. The van der Waals surface area contributed by atoms with Crippen molar-refractivity contribution in [2.75, 3.05) is 43.4 Å². The van der Waals surface area contributed by atoms with Crippen LogP contribution < -0.4 is 21.9 Å². The topological polar surface area (TPSA) is 117 Å². The van der Waals surface area contributed by atoms with E-state index in [1.165, 1.54) is 4.57 Å². The van der Waals surface area contributed by atoms with Crippen LogP contribution in [0, 0.1) is 6.92 Å². The van der Waals surface area contributed by atoms with E-state index in [0.29, 0.717) is 13.1 Å². The molecule has 1 aliphatic heterocycles. The Kier molecular flexibility index (Phi) is 5.23. The number of aromatic nitrogens is 3. The molecule has 1 saturated heterocycles. The Bertz CT molecular complexity index is 923. The average Bonchev–Trinajstić information content (AvgIpc) is 3.02. The number of thiazole rings is 1. The van der Waals surface area contributed by atoms with Crippen molar-refractivity contribution >= 4 is 28.1 Å². The highest BCUT2D eigenvalue weighted by atomic mass is 32.1. The summed E-state index contributed by atoms with van der Waals surface area (Å²) >= 11 is 1.61. The third kappa shape index (κ3) is 3.56. The van der Waals surface area contributed by atoms with Crippen molar-refractivity contribution in [2.24, 2.45) is 0 Å². The molecule has 26 heavy (non-hydrogen) atoms. The van der Waals surface area contributed by atoms with Crippen LogP contribution in [0.4, 0.5) is 10.9 Å². The van der Waals surface area contributed by atoms with Gasteiger partial charge in [0, 0.05) is 38.1 Å². The van der Waals surface area contributed by atoms with E-state index < -0.39 is 11.2 Å². The van der Waals surface area contributed by atoms with Gasteiger partial charge < -0.3 is 10.6 Å². The first-order valence-electron chi connectivity index (χ1n) is 8.46. The molecule has 0 radical (unpaired) electrons. The molecule has 1 aliphatic rings. The number of Topliss-reactive ketones (excluding diaryl/α,β-unsaturated/α-hetero) is 1. The Labute approximate surface area is 154 Å². The molecule has 0 aliphatic carbocycles. The zero-order valence-corrected chi connectivity index (χ0v) is 15.6. The minimum absolute atomic E-state index is 0.0665. The van der Waals surface area contributed by atoms with Crippen molar-refractivity contribution < 1.29 is 4.79 Å². The molecule has 0 atom stereocenters. The maximum Gasteiger partial charge on any atom is 0.329 e. The molecule has 0 unspecified atom stereocenters. The smallest absolute Gasteiger partial charge is 0.329 e. The van der Waals surface area contributed by atoms with Gasteiger partial charge in [0.15, 0.2) is 10.9 Å². The van der Waals surface area contributed by atoms with E-state index in [2.05, 4.69) is 14.9 Å². The highest BCUT2D eigenvalue weighted by Gasteiger charge is 2.24. The Morgan fingerprint density at radius 1 is 1.31 bits per heavy atom. The predicted octanol–water partition coefficient (Wildman–Crippen LogP) is -0.0915. The first-order chi connectivity index (χ1) is 12.4. The molecule has 0 aromatic carbocycles. The number of nitrogen functional groups attached to an aromatic ring is 1. The number of nitrogens with zero attached hydrogens (tertiary/aromatic N) is 4. The number of H-pyrrole nitrogens is 1. The number of rotatable bonds is 5. The van der Waals surface area contributed by atoms with Crippen molar-refractivity contribution in [1.29, 1.82) is 0 Å². The maximum absolute atomic E-state index is 12.6. The van der Waals surface area contributed by atoms with Crippen LogP contribution in [0.3, 0.4) is 0 Å². The summed E-state index contributed by atoms with van der Waals surface area (Å²) in [6.07, 6.45) is 0. The van der Waals surface area contributed by atoms with Crippen LogP contribution >= 0.6 is 11.3 Å². The minimum Gasteiger partial charge on any atom is -0.384 e. The standard InChI is InChI=1S/C16H22N6O3S/c1-3-22-13(17)12(14(24)19-15(22)25)11(23)8-20-4-6-21(7-5-20)16-18-10(2)9-26-16/h9H,3-8,17H2,1-2H3,(H,19,24,25). The van der Waals surface area contributed by atoms with Crippen LogP contribution in [0.15, 0.2) is 15.0 Å². The van der Waals surface area contributed by atoms with Crippen LogP contribution in [-0.4, -0.2) is 57.9 Å². The Hall–Kier alpha value is -2.46. The van der Waals surface area contributed by atoms with Crippen LogP contribution in [0.2, 0.25) is 0 Å². The van der Waals surface area contributed by atoms with Gasteiger partial charge >= 0.3 is 5.69 Å². The fourth-order valence-electron chi connectivity index (χ4n) is 3.04. The molecular formula is C16H22N6O3S. The van der Waals surface area contributed by atoms with E-state index in [1.807, 2.05) is 17.2 Å². The van der Waals surface area contributed by atoms with Gasteiger partial charge in [-0.3, -0.25) is 24.0 Å². The van der Waals surface area contributed by atoms with E-state index in [1.54, 1.807) is 18.3 Å². The summed E-state index contributed by atoms with van der Waals surface area (Å²) in [6.45, 7) is 6.98. The molecule has 1 fully saturated rings. The summed E-state index contributed by atoms with van der Waals surface area (Å²) in [4.78, 5) is 47.2. The van der Waals surface area contributed by atoms with Gasteiger partial charge in [-0.15, -0.1) is 11.3 Å². The van der Waals surface area contributed by atoms with Crippen molar-refractivity contribution in [3.05, 3.63) is 37.5 Å². The van der Waals surface area contributed by atoms with Gasteiger partial charge in [0.2, 0.25) is 0 Å². The van der Waals surface area contributed by atoms with Crippen LogP contribution in [0.25, 0.3) is 0 Å². The summed E-state index contributed by atoms with van der Waals surface area (Å²) in [5.41, 5.74) is 5.44. The van der Waals surface area contributed by atoms with Gasteiger partial charge in [-0.2, -0.15) is 0 Å². The van der Waals surface area contributed by atoms with Gasteiger partial charge in [0.05, 0.1) is 12.2 Å². The number of hydrogen-bond donors (Lipinski definition) is 2. The Balaban J connectivity index is 1.68. The number of nitrogens with one attached hydrogen (secondary N) is 1. The van der Waals surface area contributed by atoms with E-state index in [0.717, 1.165) is 23.9 Å². The summed E-state index contributed by atoms with van der Waals surface area (Å²) in [5, 5.41) is 3.01. The molecule has 0 amide bonds. The number of carbonyl (C=O) groups excluding carboxylic acids is 1. The lowest BCUT2D eigenvalue weighted by molar-refractivity contribution is 0.0925. The molecule has 3 rings (SSSR count). The summed E-state index contributed by atoms with van der Waals surface area (Å²) in [6, 6.07) is 0. The molecule has 0 saturated carbocycles. The third-order valence-electron chi connectivity index (χ3n) is 4.45. The number of aryl methyl sites for hydroxylation is 1. The van der Waals surface area contributed by atoms with Gasteiger partial charge in [0.1, 0.15) is 11.4 Å². The zero-order valence-electron chi connectivity index (χ0n) is 14.8. The first-order valence-corrected chi connectivity index (χ1v) is 9.34. The number of carbonyl (C=O) groups is 1. The lowest BCUT2D eigenvalue weighted by atomic mass is 10.1. The SMILES string of the molecule is CCn1c(N)c(C(=O)CN2CCN(c3nc(C)cs3)CC2)c(=O)[nH]c1=O. The lowest BCUT2D eigenvalue weighted by Crippen LogP contribution is -2.48. The zero-order chi connectivity index (χ0) is 18.8. The monoisotopic (exact) mass is 378 g/mol. The lowest BCUT2D eigenvalue weighted by Gasteiger charge is -2.34. The van der Waals surface area contributed by atoms with Crippen molar-refractivity contribution in [3.63, 3.8) is 0 Å². The van der Waals surface area contributed by atoms with Gasteiger partial charge in [0.25, 0.3) is 5.56 Å². The molecule has 10 heteroatoms. The second-order valence-corrected chi connectivity index (χ2v) is 7.06. The van der Waals surface area contributed by atoms with E-state index in [9.17, 15) is 14.4 Å². The molecule has 9 nitrogen and oxygen atoms in total. The molecule has 3 heterocycles. The van der Waals surface area contributed by atoms with Crippen molar-refractivity contribution in [2.45, 2.75) is 20.4 Å². The number of anilines is 2. The molecule has 2 aromatic rings.